The van der Waals surface area contributed by atoms with Gasteiger partial charge in [-0.25, -0.2) is 4.98 Å². The predicted molar refractivity (Wildman–Crippen MR) is 71.3 cm³/mol. The lowest BCUT2D eigenvalue weighted by atomic mass is 10.1. The molecule has 3 N–H and O–H groups in total. The minimum atomic E-state index is 0.261. The highest BCUT2D eigenvalue weighted by atomic mass is 35.5. The van der Waals surface area contributed by atoms with E-state index in [2.05, 4.69) is 9.97 Å². The number of hydrogen-bond donors (Lipinski definition) is 2. The molecule has 1 aromatic heterocycles. The van der Waals surface area contributed by atoms with Crippen LogP contribution < -0.4 is 15.2 Å². The van der Waals surface area contributed by atoms with Gasteiger partial charge in [0.25, 0.3) is 0 Å². The summed E-state index contributed by atoms with van der Waals surface area (Å²) in [7, 11) is 3.20. The molecule has 0 amide bonds. The van der Waals surface area contributed by atoms with Crippen molar-refractivity contribution >= 4 is 17.5 Å². The quantitative estimate of drug-likeness (QED) is 0.897. The molecule has 18 heavy (non-hydrogen) atoms. The van der Waals surface area contributed by atoms with Crippen molar-refractivity contribution in [3.05, 3.63) is 22.8 Å². The maximum atomic E-state index is 6.05. The van der Waals surface area contributed by atoms with Crippen molar-refractivity contribution in [2.75, 3.05) is 20.0 Å². The van der Waals surface area contributed by atoms with Crippen molar-refractivity contribution in [2.24, 2.45) is 0 Å². The van der Waals surface area contributed by atoms with Crippen LogP contribution >= 0.6 is 11.6 Å². The van der Waals surface area contributed by atoms with Crippen LogP contribution in [0.4, 0.5) is 5.95 Å². The number of methoxy groups -OCH3 is 2. The number of benzene rings is 1. The van der Waals surface area contributed by atoms with E-state index in [4.69, 9.17) is 26.8 Å². The molecule has 0 spiro atoms. The number of aromatic nitrogens is 2. The van der Waals surface area contributed by atoms with Crippen molar-refractivity contribution in [1.82, 2.24) is 9.97 Å². The van der Waals surface area contributed by atoms with Gasteiger partial charge in [0, 0.05) is 5.56 Å². The normalized spacial score (nSPS) is 10.4. The van der Waals surface area contributed by atoms with Crippen LogP contribution in [-0.4, -0.2) is 24.2 Å². The SMILES string of the molecule is COc1cc(-c2nc(N)[nH]c2Cl)c(OC)cc1C. The molecule has 0 saturated heterocycles. The summed E-state index contributed by atoms with van der Waals surface area (Å²) in [6.45, 7) is 1.94. The number of nitrogen functional groups attached to an aromatic ring is 1. The molecule has 6 heteroatoms. The zero-order chi connectivity index (χ0) is 13.3. The highest BCUT2D eigenvalue weighted by molar-refractivity contribution is 6.32. The lowest BCUT2D eigenvalue weighted by Crippen LogP contribution is -1.94. The summed E-state index contributed by atoms with van der Waals surface area (Å²) in [5.74, 6) is 1.67. The molecule has 2 rings (SSSR count). The smallest absolute Gasteiger partial charge is 0.199 e. The molecule has 96 valence electrons. The van der Waals surface area contributed by atoms with E-state index in [0.717, 1.165) is 16.9 Å². The molecule has 5 nitrogen and oxygen atoms in total. The maximum absolute atomic E-state index is 6.05. The van der Waals surface area contributed by atoms with Gasteiger partial charge in [0.05, 0.1) is 14.2 Å². The second-order valence-electron chi connectivity index (χ2n) is 3.81. The third kappa shape index (κ3) is 2.09. The Kier molecular flexibility index (Phi) is 3.34. The van der Waals surface area contributed by atoms with E-state index in [1.807, 2.05) is 19.1 Å². The number of nitrogens with one attached hydrogen (secondary N) is 1. The van der Waals surface area contributed by atoms with Crippen molar-refractivity contribution < 1.29 is 9.47 Å². The topological polar surface area (TPSA) is 73.2 Å². The first kappa shape index (κ1) is 12.6. The number of aryl methyl sites for hydroxylation is 1. The molecule has 0 saturated carbocycles. The van der Waals surface area contributed by atoms with Gasteiger partial charge in [0.2, 0.25) is 0 Å². The summed E-state index contributed by atoms with van der Waals surface area (Å²) in [4.78, 5) is 6.89. The number of aromatic amines is 1. The van der Waals surface area contributed by atoms with Gasteiger partial charge in [-0.15, -0.1) is 0 Å². The van der Waals surface area contributed by atoms with Crippen LogP contribution in [0.25, 0.3) is 11.3 Å². The second kappa shape index (κ2) is 4.78. The van der Waals surface area contributed by atoms with E-state index in [0.29, 0.717) is 16.6 Å². The highest BCUT2D eigenvalue weighted by Crippen LogP contribution is 2.38. The second-order valence-corrected chi connectivity index (χ2v) is 4.18. The van der Waals surface area contributed by atoms with Crippen LogP contribution in [-0.2, 0) is 0 Å². The Balaban J connectivity index is 2.65. The first-order valence-corrected chi connectivity index (χ1v) is 5.68. The Morgan fingerprint density at radius 1 is 1.22 bits per heavy atom. The number of halogens is 1. The fraction of sp³-hybridized carbons (Fsp3) is 0.250. The molecule has 0 aliphatic carbocycles. The lowest BCUT2D eigenvalue weighted by Gasteiger charge is -2.11. The van der Waals surface area contributed by atoms with Crippen LogP contribution in [0.2, 0.25) is 5.15 Å². The third-order valence-electron chi connectivity index (χ3n) is 2.65. The summed E-state index contributed by atoms with van der Waals surface area (Å²) < 4.78 is 10.6. The molecule has 0 radical (unpaired) electrons. The first-order valence-electron chi connectivity index (χ1n) is 5.30. The van der Waals surface area contributed by atoms with Crippen LogP contribution in [0.5, 0.6) is 11.5 Å². The number of hydrogen-bond acceptors (Lipinski definition) is 4. The van der Waals surface area contributed by atoms with Gasteiger partial charge < -0.3 is 20.2 Å². The van der Waals surface area contributed by atoms with E-state index in [-0.39, 0.29) is 5.95 Å². The number of nitrogens with two attached hydrogens (primary N) is 1. The van der Waals surface area contributed by atoms with E-state index in [9.17, 15) is 0 Å². The van der Waals surface area contributed by atoms with Crippen LogP contribution in [0.3, 0.4) is 0 Å². The lowest BCUT2D eigenvalue weighted by molar-refractivity contribution is 0.401. The van der Waals surface area contributed by atoms with E-state index in [1.54, 1.807) is 14.2 Å². The van der Waals surface area contributed by atoms with Gasteiger partial charge >= 0.3 is 0 Å². The summed E-state index contributed by atoms with van der Waals surface area (Å²) >= 11 is 6.05. The van der Waals surface area contributed by atoms with E-state index < -0.39 is 0 Å². The summed E-state index contributed by atoms with van der Waals surface area (Å²) in [5, 5.41) is 0.372. The van der Waals surface area contributed by atoms with Gasteiger partial charge in [-0.3, -0.25) is 0 Å². The molecule has 0 bridgehead atoms. The van der Waals surface area contributed by atoms with Gasteiger partial charge in [-0.05, 0) is 24.6 Å². The van der Waals surface area contributed by atoms with Crippen molar-refractivity contribution in [3.63, 3.8) is 0 Å². The molecule has 0 aliphatic heterocycles. The van der Waals surface area contributed by atoms with Gasteiger partial charge in [-0.1, -0.05) is 11.6 Å². The number of H-pyrrole nitrogens is 1. The fourth-order valence-corrected chi connectivity index (χ4v) is 2.02. The Labute approximate surface area is 110 Å². The molecule has 1 heterocycles. The van der Waals surface area contributed by atoms with Crippen molar-refractivity contribution in [1.29, 1.82) is 0 Å². The summed E-state index contributed by atoms with van der Waals surface area (Å²) in [6.07, 6.45) is 0. The zero-order valence-electron chi connectivity index (χ0n) is 10.4. The van der Waals surface area contributed by atoms with Crippen LogP contribution in [0.15, 0.2) is 12.1 Å². The van der Waals surface area contributed by atoms with Gasteiger partial charge in [0.1, 0.15) is 22.3 Å². The molecule has 1 aromatic carbocycles. The Morgan fingerprint density at radius 3 is 2.39 bits per heavy atom. The Morgan fingerprint density at radius 2 is 1.89 bits per heavy atom. The van der Waals surface area contributed by atoms with Crippen LogP contribution in [0, 0.1) is 6.92 Å². The molecular formula is C12H14ClN3O2. The molecule has 0 fully saturated rings. The standard InChI is InChI=1S/C12H14ClN3O2/c1-6-4-9(18-3)7(5-8(6)17-2)10-11(13)16-12(14)15-10/h4-5H,1-3H3,(H3,14,15,16). The Bertz CT molecular complexity index is 581. The van der Waals surface area contributed by atoms with Crippen LogP contribution in [0.1, 0.15) is 5.56 Å². The average molecular weight is 268 g/mol. The monoisotopic (exact) mass is 267 g/mol. The number of nitrogens with zero attached hydrogens (tertiary/aromatic N) is 1. The van der Waals surface area contributed by atoms with E-state index >= 15 is 0 Å². The van der Waals surface area contributed by atoms with Crippen molar-refractivity contribution in [2.45, 2.75) is 6.92 Å². The number of imidazole rings is 1. The maximum Gasteiger partial charge on any atom is 0.199 e. The average Bonchev–Trinajstić information content (AvgIpc) is 2.68. The molecule has 0 unspecified atom stereocenters. The van der Waals surface area contributed by atoms with Gasteiger partial charge in [0.15, 0.2) is 5.95 Å². The third-order valence-corrected chi connectivity index (χ3v) is 2.92. The zero-order valence-corrected chi connectivity index (χ0v) is 11.1. The Hall–Kier alpha value is -1.88. The van der Waals surface area contributed by atoms with Gasteiger partial charge in [-0.2, -0.15) is 0 Å². The minimum absolute atomic E-state index is 0.261. The number of rotatable bonds is 3. The summed E-state index contributed by atoms with van der Waals surface area (Å²) in [5.41, 5.74) is 7.84. The van der Waals surface area contributed by atoms with Crippen molar-refractivity contribution in [3.8, 4) is 22.8 Å². The summed E-state index contributed by atoms with van der Waals surface area (Å²) in [6, 6.07) is 3.70. The number of ether oxygens (including phenoxy) is 2. The molecule has 0 atom stereocenters. The molecule has 0 aliphatic rings. The largest absolute Gasteiger partial charge is 0.496 e. The molecule has 2 aromatic rings. The first-order chi connectivity index (χ1) is 8.56. The highest BCUT2D eigenvalue weighted by Gasteiger charge is 2.16. The fourth-order valence-electron chi connectivity index (χ4n) is 1.78. The predicted octanol–water partition coefficient (Wildman–Crippen LogP) is 2.64. The number of anilines is 1. The molecular weight excluding hydrogens is 254 g/mol. The minimum Gasteiger partial charge on any atom is -0.496 e. The van der Waals surface area contributed by atoms with E-state index in [1.165, 1.54) is 0 Å².